The number of amides is 1. The maximum Gasteiger partial charge on any atom is 0.342 e. The molecule has 2 aromatic heterocycles. The highest BCUT2D eigenvalue weighted by molar-refractivity contribution is 5.94. The van der Waals surface area contributed by atoms with Crippen molar-refractivity contribution in [3.63, 3.8) is 0 Å². The Hall–Kier alpha value is -5.09. The smallest absolute Gasteiger partial charge is 0.342 e. The van der Waals surface area contributed by atoms with Crippen molar-refractivity contribution >= 4 is 22.9 Å². The van der Waals surface area contributed by atoms with Gasteiger partial charge in [-0.3, -0.25) is 4.79 Å². The van der Waals surface area contributed by atoms with Crippen LogP contribution in [0.3, 0.4) is 0 Å². The molecule has 2 aliphatic heterocycles. The van der Waals surface area contributed by atoms with Crippen LogP contribution in [-0.4, -0.2) is 63.2 Å². The van der Waals surface area contributed by atoms with E-state index in [1.165, 1.54) is 4.85 Å². The zero-order valence-corrected chi connectivity index (χ0v) is 23.9. The lowest BCUT2D eigenvalue weighted by Crippen LogP contribution is -2.48. The maximum atomic E-state index is 14.1. The molecule has 1 atom stereocenters. The summed E-state index contributed by atoms with van der Waals surface area (Å²) in [6.45, 7) is 2.31. The van der Waals surface area contributed by atoms with Gasteiger partial charge in [-0.05, 0) is 54.5 Å². The van der Waals surface area contributed by atoms with Crippen LogP contribution in [0.1, 0.15) is 46.7 Å². The molecule has 0 N–H and O–H groups in total. The number of aromatic nitrogens is 4. The van der Waals surface area contributed by atoms with Crippen molar-refractivity contribution in [1.29, 1.82) is 0 Å². The first-order valence-electron chi connectivity index (χ1n) is 14.9. The number of ether oxygens (including phenoxy) is 2. The largest absolute Gasteiger partial charge is 0.438 e. The lowest BCUT2D eigenvalue weighted by atomic mass is 9.57. The summed E-state index contributed by atoms with van der Waals surface area (Å²) in [5.74, 6) is 0.471. The van der Waals surface area contributed by atoms with E-state index in [2.05, 4.69) is 10.3 Å². The summed E-state index contributed by atoms with van der Waals surface area (Å²) in [6, 6.07) is 26.6. The van der Waals surface area contributed by atoms with Gasteiger partial charge >= 0.3 is 5.97 Å². The van der Waals surface area contributed by atoms with Gasteiger partial charge in [-0.15, -0.1) is 5.10 Å². The highest BCUT2D eigenvalue weighted by Crippen LogP contribution is 2.59. The van der Waals surface area contributed by atoms with E-state index in [4.69, 9.17) is 19.3 Å². The highest BCUT2D eigenvalue weighted by atomic mass is 16.7. The first-order chi connectivity index (χ1) is 21.6. The van der Waals surface area contributed by atoms with E-state index in [1.807, 2.05) is 89.8 Å². The first-order valence-corrected chi connectivity index (χ1v) is 14.9. The third kappa shape index (κ3) is 4.32. The third-order valence-electron chi connectivity index (χ3n) is 9.06. The molecule has 0 spiro atoms. The molecule has 1 unspecified atom stereocenters. The predicted molar refractivity (Wildman–Crippen MR) is 160 cm³/mol. The number of hydrogen-bond acceptors (Lipinski definition) is 8. The summed E-state index contributed by atoms with van der Waals surface area (Å²) >= 11 is 0. The fourth-order valence-electron chi connectivity index (χ4n) is 6.58. The zero-order chi connectivity index (χ0) is 29.7. The number of benzene rings is 3. The van der Waals surface area contributed by atoms with Crippen molar-refractivity contribution in [2.75, 3.05) is 26.3 Å². The molecule has 1 saturated heterocycles. The fraction of sp³-hybridized carbons (Fsp3) is 0.265. The van der Waals surface area contributed by atoms with E-state index in [0.717, 1.165) is 23.1 Å². The average molecular weight is 588 g/mol. The number of carbonyl (C=O) groups excluding carboxylic acids is 2. The molecule has 2 fully saturated rings. The minimum atomic E-state index is -0.813. The normalized spacial score (nSPS) is 18.5. The third-order valence-corrected chi connectivity index (χ3v) is 9.06. The molecule has 5 aromatic rings. The monoisotopic (exact) mass is 587 g/mol. The van der Waals surface area contributed by atoms with Gasteiger partial charge in [0.1, 0.15) is 16.8 Å². The van der Waals surface area contributed by atoms with Crippen molar-refractivity contribution in [1.82, 2.24) is 25.0 Å². The van der Waals surface area contributed by atoms with Gasteiger partial charge in [0.15, 0.2) is 0 Å². The molecule has 0 bridgehead atoms. The Bertz CT molecular complexity index is 1890. The Morgan fingerprint density at radius 3 is 2.43 bits per heavy atom. The standard InChI is InChI=1S/C34H29N5O5/c40-32(38-18-20-42-21-19-38)23-12-10-22(11-13-23)26-15-14-25-30(24-6-1-4-9-29(24)43-31(25)35-26)34(16-5-17-34)33(41)44-39-28-8-3-2-7-27(28)36-37-39/h1-4,6-15,30H,5,16-21H2. The van der Waals surface area contributed by atoms with Gasteiger partial charge in [0.2, 0.25) is 5.88 Å². The summed E-state index contributed by atoms with van der Waals surface area (Å²) in [4.78, 5) is 40.9. The van der Waals surface area contributed by atoms with Crippen molar-refractivity contribution in [2.45, 2.75) is 25.2 Å². The molecule has 1 saturated carbocycles. The van der Waals surface area contributed by atoms with Crippen LogP contribution in [0.25, 0.3) is 22.3 Å². The minimum Gasteiger partial charge on any atom is -0.438 e. The molecule has 3 aromatic carbocycles. The Labute approximate surface area is 253 Å². The SMILES string of the molecule is O=C(c1ccc(-c2ccc3c(n2)Oc2ccccc2C3C2(C(=O)On3nnc4ccccc43)CCC2)cc1)N1CCOCC1. The molecular weight excluding hydrogens is 558 g/mol. The van der Waals surface area contributed by atoms with E-state index < -0.39 is 5.41 Å². The molecule has 10 heteroatoms. The zero-order valence-electron chi connectivity index (χ0n) is 23.9. The molecule has 10 nitrogen and oxygen atoms in total. The minimum absolute atomic E-state index is 0.00222. The Morgan fingerprint density at radius 1 is 0.864 bits per heavy atom. The molecule has 1 aliphatic carbocycles. The molecule has 44 heavy (non-hydrogen) atoms. The van der Waals surface area contributed by atoms with Crippen LogP contribution >= 0.6 is 0 Å². The van der Waals surface area contributed by atoms with Gasteiger partial charge in [-0.1, -0.05) is 59.8 Å². The topological polar surface area (TPSA) is 109 Å². The van der Waals surface area contributed by atoms with Gasteiger partial charge in [0, 0.05) is 41.3 Å². The average Bonchev–Trinajstić information content (AvgIpc) is 3.46. The molecule has 4 heterocycles. The summed E-state index contributed by atoms with van der Waals surface area (Å²) in [5, 5.41) is 8.23. The van der Waals surface area contributed by atoms with E-state index in [0.29, 0.717) is 73.1 Å². The summed E-state index contributed by atoms with van der Waals surface area (Å²) < 4.78 is 11.7. The number of hydrogen-bond donors (Lipinski definition) is 0. The van der Waals surface area contributed by atoms with Crippen molar-refractivity contribution in [3.8, 4) is 22.9 Å². The van der Waals surface area contributed by atoms with Crippen molar-refractivity contribution in [3.05, 3.63) is 102 Å². The molecule has 220 valence electrons. The van der Waals surface area contributed by atoms with Crippen LogP contribution in [0.15, 0.2) is 84.9 Å². The van der Waals surface area contributed by atoms with Gasteiger partial charge in [0.05, 0.1) is 24.3 Å². The molecule has 8 rings (SSSR count). The lowest BCUT2D eigenvalue weighted by Gasteiger charge is -2.46. The van der Waals surface area contributed by atoms with E-state index in [9.17, 15) is 9.59 Å². The van der Waals surface area contributed by atoms with E-state index >= 15 is 0 Å². The number of nitrogens with zero attached hydrogens (tertiary/aromatic N) is 5. The predicted octanol–water partition coefficient (Wildman–Crippen LogP) is 5.03. The Morgan fingerprint density at radius 2 is 1.64 bits per heavy atom. The second-order valence-corrected chi connectivity index (χ2v) is 11.5. The van der Waals surface area contributed by atoms with Crippen LogP contribution in [0, 0.1) is 5.41 Å². The number of para-hydroxylation sites is 2. The quantitative estimate of drug-likeness (QED) is 0.264. The van der Waals surface area contributed by atoms with Crippen LogP contribution in [-0.2, 0) is 9.53 Å². The second kappa shape index (κ2) is 10.6. The highest BCUT2D eigenvalue weighted by Gasteiger charge is 2.56. The molecule has 3 aliphatic rings. The molecule has 0 radical (unpaired) electrons. The van der Waals surface area contributed by atoms with Crippen LogP contribution in [0.4, 0.5) is 0 Å². The van der Waals surface area contributed by atoms with Crippen LogP contribution < -0.4 is 9.57 Å². The Kier molecular flexibility index (Phi) is 6.37. The number of carbonyl (C=O) groups is 2. The van der Waals surface area contributed by atoms with Crippen LogP contribution in [0.5, 0.6) is 11.6 Å². The van der Waals surface area contributed by atoms with Gasteiger partial charge < -0.3 is 19.2 Å². The molecular formula is C34H29N5O5. The molecule has 1 amide bonds. The number of morpholine rings is 1. The van der Waals surface area contributed by atoms with Crippen LogP contribution in [0.2, 0.25) is 0 Å². The first kappa shape index (κ1) is 26.5. The van der Waals surface area contributed by atoms with Gasteiger partial charge in [0.25, 0.3) is 5.91 Å². The number of fused-ring (bicyclic) bond motifs is 3. The van der Waals surface area contributed by atoms with E-state index in [1.54, 1.807) is 0 Å². The lowest BCUT2D eigenvalue weighted by molar-refractivity contribution is -0.165. The Balaban J connectivity index is 1.13. The van der Waals surface area contributed by atoms with Crippen molar-refractivity contribution in [2.24, 2.45) is 5.41 Å². The summed E-state index contributed by atoms with van der Waals surface area (Å²) in [7, 11) is 0. The fourth-order valence-corrected chi connectivity index (χ4v) is 6.58. The van der Waals surface area contributed by atoms with E-state index in [-0.39, 0.29) is 17.8 Å². The maximum absolute atomic E-state index is 14.1. The number of pyridine rings is 1. The van der Waals surface area contributed by atoms with Gasteiger partial charge in [-0.25, -0.2) is 9.78 Å². The summed E-state index contributed by atoms with van der Waals surface area (Å²) in [5.41, 5.74) is 4.45. The number of rotatable bonds is 5. The second-order valence-electron chi connectivity index (χ2n) is 11.5. The van der Waals surface area contributed by atoms with Crippen molar-refractivity contribution < 1.29 is 23.9 Å². The van der Waals surface area contributed by atoms with Gasteiger partial charge in [-0.2, -0.15) is 0 Å². The summed E-state index contributed by atoms with van der Waals surface area (Å²) in [6.07, 6.45) is 2.23.